The van der Waals surface area contributed by atoms with Crippen LogP contribution in [0.15, 0.2) is 48.5 Å². The summed E-state index contributed by atoms with van der Waals surface area (Å²) < 4.78 is 5.67. The van der Waals surface area contributed by atoms with Crippen LogP contribution in [0, 0.1) is 6.92 Å². The number of hydrogen-bond acceptors (Lipinski definition) is 3. The number of benzene rings is 2. The van der Waals surface area contributed by atoms with Gasteiger partial charge in [-0.15, -0.1) is 0 Å². The highest BCUT2D eigenvalue weighted by Crippen LogP contribution is 2.22. The van der Waals surface area contributed by atoms with Gasteiger partial charge in [-0.3, -0.25) is 4.79 Å². The summed E-state index contributed by atoms with van der Waals surface area (Å²) in [4.78, 5) is 14.4. The third-order valence-corrected chi connectivity index (χ3v) is 4.43. The number of anilines is 2. The predicted octanol–water partition coefficient (Wildman–Crippen LogP) is 4.39. The molecule has 1 aliphatic rings. The summed E-state index contributed by atoms with van der Waals surface area (Å²) >= 11 is 0. The lowest BCUT2D eigenvalue weighted by atomic mass is 10.2. The van der Waals surface area contributed by atoms with E-state index in [2.05, 4.69) is 22.3 Å². The molecule has 0 spiro atoms. The smallest absolute Gasteiger partial charge is 0.224 e. The van der Waals surface area contributed by atoms with Gasteiger partial charge in [0.1, 0.15) is 5.75 Å². The summed E-state index contributed by atoms with van der Waals surface area (Å²) in [5, 5.41) is 2.95. The molecule has 1 N–H and O–H groups in total. The Morgan fingerprint density at radius 1 is 1.12 bits per heavy atom. The zero-order valence-electron chi connectivity index (χ0n) is 14.8. The molecule has 132 valence electrons. The minimum absolute atomic E-state index is 0.0294. The Hall–Kier alpha value is -2.49. The molecule has 0 aromatic heterocycles. The molecule has 1 aliphatic heterocycles. The fraction of sp³-hybridized carbons (Fsp3) is 0.381. The topological polar surface area (TPSA) is 41.6 Å². The maximum absolute atomic E-state index is 12.0. The second-order valence-electron chi connectivity index (χ2n) is 6.56. The molecule has 2 aromatic rings. The van der Waals surface area contributed by atoms with Crippen molar-refractivity contribution in [3.8, 4) is 5.75 Å². The van der Waals surface area contributed by atoms with Crippen LogP contribution in [0.3, 0.4) is 0 Å². The number of aryl methyl sites for hydroxylation is 1. The highest BCUT2D eigenvalue weighted by atomic mass is 16.5. The lowest BCUT2D eigenvalue weighted by Crippen LogP contribution is -2.17. The van der Waals surface area contributed by atoms with Crippen molar-refractivity contribution in [1.82, 2.24) is 0 Å². The number of nitrogens with one attached hydrogen (secondary N) is 1. The second kappa shape index (κ2) is 8.56. The van der Waals surface area contributed by atoms with Gasteiger partial charge in [0.15, 0.2) is 0 Å². The van der Waals surface area contributed by atoms with Crippen LogP contribution in [0.1, 0.15) is 31.2 Å². The maximum Gasteiger partial charge on any atom is 0.224 e. The Bertz CT molecular complexity index is 691. The molecule has 0 radical (unpaired) electrons. The fourth-order valence-corrected chi connectivity index (χ4v) is 3.08. The van der Waals surface area contributed by atoms with Gasteiger partial charge < -0.3 is 15.0 Å². The number of nitrogens with zero attached hydrogens (tertiary/aromatic N) is 1. The van der Waals surface area contributed by atoms with Gasteiger partial charge in [0.05, 0.1) is 6.61 Å². The number of rotatable bonds is 7. The van der Waals surface area contributed by atoms with Gasteiger partial charge in [0, 0.05) is 30.9 Å². The van der Waals surface area contributed by atoms with Crippen LogP contribution in [0.5, 0.6) is 5.75 Å². The summed E-state index contributed by atoms with van der Waals surface area (Å²) in [6, 6.07) is 16.1. The van der Waals surface area contributed by atoms with E-state index in [0.29, 0.717) is 19.4 Å². The van der Waals surface area contributed by atoms with Crippen LogP contribution in [0.4, 0.5) is 11.4 Å². The molecular formula is C21H26N2O2. The van der Waals surface area contributed by atoms with E-state index in [1.54, 1.807) is 0 Å². The Labute approximate surface area is 149 Å². The standard InChI is InChI=1S/C21H26N2O2/c1-17-6-4-7-20(16-17)25-15-5-8-21(24)22-18-9-11-19(12-10-18)23-13-2-3-14-23/h4,6-7,9-12,16H,2-3,5,8,13-15H2,1H3,(H,22,24). The lowest BCUT2D eigenvalue weighted by molar-refractivity contribution is -0.116. The van der Waals surface area contributed by atoms with Crippen LogP contribution >= 0.6 is 0 Å². The Balaban J connectivity index is 1.38. The largest absolute Gasteiger partial charge is 0.494 e. The average molecular weight is 338 g/mol. The van der Waals surface area contributed by atoms with E-state index in [0.717, 1.165) is 24.5 Å². The highest BCUT2D eigenvalue weighted by molar-refractivity contribution is 5.90. The van der Waals surface area contributed by atoms with E-state index in [-0.39, 0.29) is 5.91 Å². The number of carbonyl (C=O) groups excluding carboxylic acids is 1. The Morgan fingerprint density at radius 2 is 1.88 bits per heavy atom. The number of hydrogen-bond donors (Lipinski definition) is 1. The van der Waals surface area contributed by atoms with Crippen molar-refractivity contribution in [1.29, 1.82) is 0 Å². The number of amides is 1. The fourth-order valence-electron chi connectivity index (χ4n) is 3.08. The van der Waals surface area contributed by atoms with E-state index < -0.39 is 0 Å². The van der Waals surface area contributed by atoms with E-state index in [1.807, 2.05) is 43.3 Å². The molecule has 0 saturated carbocycles. The zero-order valence-corrected chi connectivity index (χ0v) is 14.8. The van der Waals surface area contributed by atoms with Crippen LogP contribution in [-0.4, -0.2) is 25.6 Å². The summed E-state index contributed by atoms with van der Waals surface area (Å²) in [7, 11) is 0. The minimum Gasteiger partial charge on any atom is -0.494 e. The zero-order chi connectivity index (χ0) is 17.5. The molecule has 1 saturated heterocycles. The second-order valence-corrected chi connectivity index (χ2v) is 6.56. The molecule has 0 aliphatic carbocycles. The minimum atomic E-state index is 0.0294. The Kier molecular flexibility index (Phi) is 5.94. The molecule has 1 fully saturated rings. The summed E-state index contributed by atoms with van der Waals surface area (Å²) in [6.45, 7) is 4.85. The van der Waals surface area contributed by atoms with Crippen LogP contribution in [0.25, 0.3) is 0 Å². The Morgan fingerprint density at radius 3 is 2.60 bits per heavy atom. The molecule has 25 heavy (non-hydrogen) atoms. The molecule has 0 bridgehead atoms. The molecule has 4 nitrogen and oxygen atoms in total. The summed E-state index contributed by atoms with van der Waals surface area (Å²) in [5.74, 6) is 0.889. The van der Waals surface area contributed by atoms with Gasteiger partial charge in [0.25, 0.3) is 0 Å². The molecule has 2 aromatic carbocycles. The number of carbonyl (C=O) groups is 1. The first-order valence-electron chi connectivity index (χ1n) is 9.05. The molecule has 0 unspecified atom stereocenters. The van der Waals surface area contributed by atoms with Gasteiger partial charge in [-0.1, -0.05) is 12.1 Å². The quantitative estimate of drug-likeness (QED) is 0.761. The van der Waals surface area contributed by atoms with Crippen molar-refractivity contribution in [2.24, 2.45) is 0 Å². The summed E-state index contributed by atoms with van der Waals surface area (Å²) in [5.41, 5.74) is 3.27. The van der Waals surface area contributed by atoms with Gasteiger partial charge in [0.2, 0.25) is 5.91 Å². The predicted molar refractivity (Wildman–Crippen MR) is 102 cm³/mol. The van der Waals surface area contributed by atoms with Crippen LogP contribution in [0.2, 0.25) is 0 Å². The van der Waals surface area contributed by atoms with Crippen molar-refractivity contribution in [3.63, 3.8) is 0 Å². The number of ether oxygens (including phenoxy) is 1. The summed E-state index contributed by atoms with van der Waals surface area (Å²) in [6.07, 6.45) is 3.69. The van der Waals surface area contributed by atoms with E-state index in [1.165, 1.54) is 24.1 Å². The van der Waals surface area contributed by atoms with Crippen LogP contribution < -0.4 is 15.0 Å². The van der Waals surface area contributed by atoms with Gasteiger partial charge in [-0.2, -0.15) is 0 Å². The SMILES string of the molecule is Cc1cccc(OCCCC(=O)Nc2ccc(N3CCCC3)cc2)c1. The van der Waals surface area contributed by atoms with E-state index in [9.17, 15) is 4.79 Å². The van der Waals surface area contributed by atoms with Crippen molar-refractivity contribution in [2.45, 2.75) is 32.6 Å². The first-order valence-corrected chi connectivity index (χ1v) is 9.05. The first kappa shape index (κ1) is 17.3. The lowest BCUT2D eigenvalue weighted by Gasteiger charge is -2.17. The van der Waals surface area contributed by atoms with Gasteiger partial charge >= 0.3 is 0 Å². The third kappa shape index (κ3) is 5.24. The highest BCUT2D eigenvalue weighted by Gasteiger charge is 2.12. The third-order valence-electron chi connectivity index (χ3n) is 4.43. The first-order chi connectivity index (χ1) is 12.2. The normalized spacial score (nSPS) is 13.7. The van der Waals surface area contributed by atoms with Gasteiger partial charge in [-0.05, 0) is 68.1 Å². The average Bonchev–Trinajstić information content (AvgIpc) is 3.14. The molecule has 3 rings (SSSR count). The van der Waals surface area contributed by atoms with Crippen molar-refractivity contribution >= 4 is 17.3 Å². The van der Waals surface area contributed by atoms with Crippen molar-refractivity contribution in [2.75, 3.05) is 29.9 Å². The molecule has 1 heterocycles. The van der Waals surface area contributed by atoms with Crippen molar-refractivity contribution < 1.29 is 9.53 Å². The molecule has 0 atom stereocenters. The maximum atomic E-state index is 12.0. The van der Waals surface area contributed by atoms with Gasteiger partial charge in [-0.25, -0.2) is 0 Å². The van der Waals surface area contributed by atoms with E-state index in [4.69, 9.17) is 4.74 Å². The van der Waals surface area contributed by atoms with Crippen molar-refractivity contribution in [3.05, 3.63) is 54.1 Å². The van der Waals surface area contributed by atoms with E-state index >= 15 is 0 Å². The molecule has 1 amide bonds. The monoisotopic (exact) mass is 338 g/mol. The molecule has 4 heteroatoms. The molecular weight excluding hydrogens is 312 g/mol. The van der Waals surface area contributed by atoms with Crippen LogP contribution in [-0.2, 0) is 4.79 Å².